The molecule has 0 spiro atoms. The minimum atomic E-state index is -0.324. The maximum absolute atomic E-state index is 10.7. The van der Waals surface area contributed by atoms with Gasteiger partial charge in [-0.15, -0.1) is 0 Å². The second-order valence-corrected chi connectivity index (χ2v) is 4.33. The summed E-state index contributed by atoms with van der Waals surface area (Å²) in [6.07, 6.45) is 3.85. The van der Waals surface area contributed by atoms with Crippen molar-refractivity contribution in [2.75, 3.05) is 0 Å². The summed E-state index contributed by atoms with van der Waals surface area (Å²) in [5.74, 6) is -0.324. The van der Waals surface area contributed by atoms with Crippen molar-refractivity contribution in [2.45, 2.75) is 6.42 Å². The van der Waals surface area contributed by atoms with E-state index >= 15 is 0 Å². The first-order chi connectivity index (χ1) is 7.65. The molecule has 0 atom stereocenters. The number of carbonyl (C=O) groups excluding carboxylic acids is 1. The molecule has 2 N–H and O–H groups in total. The smallest absolute Gasteiger partial charge is 0.221 e. The predicted octanol–water partition coefficient (Wildman–Crippen LogP) is 1.66. The molecule has 0 radical (unpaired) electrons. The Hall–Kier alpha value is -1.62. The van der Waals surface area contributed by atoms with E-state index in [1.807, 2.05) is 30.5 Å². The molecule has 0 saturated carbocycles. The normalized spacial score (nSPS) is 10.3. The van der Waals surface area contributed by atoms with Gasteiger partial charge in [-0.2, -0.15) is 5.10 Å². The monoisotopic (exact) mass is 279 g/mol. The van der Waals surface area contributed by atoms with Crippen molar-refractivity contribution in [1.82, 2.24) is 9.78 Å². The van der Waals surface area contributed by atoms with Crippen LogP contribution in [0.1, 0.15) is 5.56 Å². The molecule has 1 heterocycles. The molecule has 0 fully saturated rings. The van der Waals surface area contributed by atoms with Gasteiger partial charge in [0.25, 0.3) is 0 Å². The Morgan fingerprint density at radius 1 is 1.38 bits per heavy atom. The average molecular weight is 280 g/mol. The van der Waals surface area contributed by atoms with Crippen molar-refractivity contribution < 1.29 is 4.79 Å². The Bertz CT molecular complexity index is 504. The lowest BCUT2D eigenvalue weighted by Crippen LogP contribution is -2.13. The summed E-state index contributed by atoms with van der Waals surface area (Å²) in [5.41, 5.74) is 6.96. The Labute approximate surface area is 101 Å². The van der Waals surface area contributed by atoms with Gasteiger partial charge < -0.3 is 5.73 Å². The van der Waals surface area contributed by atoms with E-state index in [2.05, 4.69) is 21.0 Å². The van der Waals surface area contributed by atoms with Crippen molar-refractivity contribution in [3.63, 3.8) is 0 Å². The van der Waals surface area contributed by atoms with Crippen LogP contribution in [0.3, 0.4) is 0 Å². The largest absolute Gasteiger partial charge is 0.369 e. The lowest BCUT2D eigenvalue weighted by atomic mass is 10.1. The van der Waals surface area contributed by atoms with E-state index in [1.165, 1.54) is 0 Å². The van der Waals surface area contributed by atoms with Crippen molar-refractivity contribution >= 4 is 21.8 Å². The van der Waals surface area contributed by atoms with Crippen molar-refractivity contribution in [3.05, 3.63) is 46.7 Å². The zero-order chi connectivity index (χ0) is 11.5. The highest BCUT2D eigenvalue weighted by atomic mass is 79.9. The number of carbonyl (C=O) groups is 1. The molecule has 5 heteroatoms. The van der Waals surface area contributed by atoms with Gasteiger partial charge in [0, 0.05) is 6.20 Å². The summed E-state index contributed by atoms with van der Waals surface area (Å²) in [5, 5.41) is 4.15. The topological polar surface area (TPSA) is 60.9 Å². The third-order valence-corrected chi connectivity index (χ3v) is 2.54. The molecule has 1 aromatic heterocycles. The van der Waals surface area contributed by atoms with Gasteiger partial charge in [0.15, 0.2) is 0 Å². The fourth-order valence-electron chi connectivity index (χ4n) is 1.41. The van der Waals surface area contributed by atoms with Crippen LogP contribution >= 0.6 is 15.9 Å². The van der Waals surface area contributed by atoms with Crippen LogP contribution < -0.4 is 5.73 Å². The molecule has 0 aliphatic carbocycles. The summed E-state index contributed by atoms with van der Waals surface area (Å²) in [6.45, 7) is 0. The number of benzene rings is 1. The number of primary amides is 1. The van der Waals surface area contributed by atoms with Gasteiger partial charge >= 0.3 is 0 Å². The first-order valence-electron chi connectivity index (χ1n) is 4.73. The fourth-order valence-corrected chi connectivity index (χ4v) is 1.70. The van der Waals surface area contributed by atoms with Crippen molar-refractivity contribution in [2.24, 2.45) is 5.73 Å². The summed E-state index contributed by atoms with van der Waals surface area (Å²) >= 11 is 3.33. The molecular formula is C11H10BrN3O. The zero-order valence-corrected chi connectivity index (χ0v) is 10.0. The molecule has 1 aromatic carbocycles. The van der Waals surface area contributed by atoms with E-state index in [0.29, 0.717) is 0 Å². The maximum Gasteiger partial charge on any atom is 0.221 e. The van der Waals surface area contributed by atoms with Crippen molar-refractivity contribution in [3.8, 4) is 5.69 Å². The predicted molar refractivity (Wildman–Crippen MR) is 64.2 cm³/mol. The molecule has 0 aliphatic heterocycles. The molecule has 0 unspecified atom stereocenters. The van der Waals surface area contributed by atoms with Crippen LogP contribution in [0.25, 0.3) is 5.69 Å². The van der Waals surface area contributed by atoms with Crippen LogP contribution in [0.4, 0.5) is 0 Å². The third kappa shape index (κ3) is 2.49. The number of aromatic nitrogens is 2. The summed E-state index contributed by atoms with van der Waals surface area (Å²) in [7, 11) is 0. The molecule has 16 heavy (non-hydrogen) atoms. The van der Waals surface area contributed by atoms with E-state index in [-0.39, 0.29) is 12.3 Å². The molecular weight excluding hydrogens is 270 g/mol. The lowest BCUT2D eigenvalue weighted by molar-refractivity contribution is -0.117. The third-order valence-electron chi connectivity index (χ3n) is 2.13. The minimum Gasteiger partial charge on any atom is -0.369 e. The summed E-state index contributed by atoms with van der Waals surface area (Å²) < 4.78 is 2.67. The van der Waals surface area contributed by atoms with Crippen molar-refractivity contribution in [1.29, 1.82) is 0 Å². The molecule has 0 saturated heterocycles. The SMILES string of the molecule is NC(=O)Cc1ccc(-n2cc(Br)cn2)cc1. The minimum absolute atomic E-state index is 0.267. The standard InChI is InChI=1S/C11H10BrN3O/c12-9-6-14-15(7-9)10-3-1-8(2-4-10)5-11(13)16/h1-4,6-7H,5H2,(H2,13,16). The number of nitrogens with zero attached hydrogens (tertiary/aromatic N) is 2. The molecule has 82 valence electrons. The van der Waals surface area contributed by atoms with Crippen LogP contribution in [-0.4, -0.2) is 15.7 Å². The number of amides is 1. The van der Waals surface area contributed by atoms with Crippen LogP contribution in [0.5, 0.6) is 0 Å². The molecule has 0 bridgehead atoms. The highest BCUT2D eigenvalue weighted by Crippen LogP contribution is 2.13. The first kappa shape index (κ1) is 10.9. The summed E-state index contributed by atoms with van der Waals surface area (Å²) in [4.78, 5) is 10.7. The summed E-state index contributed by atoms with van der Waals surface area (Å²) in [6, 6.07) is 7.54. The molecule has 2 aromatic rings. The maximum atomic E-state index is 10.7. The van der Waals surface area contributed by atoms with Crippen LogP contribution in [0, 0.1) is 0 Å². The van der Waals surface area contributed by atoms with Gasteiger partial charge in [-0.3, -0.25) is 4.79 Å². The molecule has 1 amide bonds. The highest BCUT2D eigenvalue weighted by Gasteiger charge is 2.01. The zero-order valence-electron chi connectivity index (χ0n) is 8.43. The first-order valence-corrected chi connectivity index (χ1v) is 5.52. The second kappa shape index (κ2) is 4.49. The second-order valence-electron chi connectivity index (χ2n) is 3.41. The van der Waals surface area contributed by atoms with Gasteiger partial charge in [0.1, 0.15) is 0 Å². The Balaban J connectivity index is 2.22. The Morgan fingerprint density at radius 2 is 2.06 bits per heavy atom. The van der Waals surface area contributed by atoms with E-state index in [9.17, 15) is 4.79 Å². The average Bonchev–Trinajstić information content (AvgIpc) is 2.65. The molecule has 4 nitrogen and oxygen atoms in total. The fraction of sp³-hybridized carbons (Fsp3) is 0.0909. The van der Waals surface area contributed by atoms with Crippen LogP contribution in [0.15, 0.2) is 41.1 Å². The highest BCUT2D eigenvalue weighted by molar-refractivity contribution is 9.10. The number of hydrogen-bond acceptors (Lipinski definition) is 2. The van der Waals surface area contributed by atoms with Gasteiger partial charge in [-0.1, -0.05) is 12.1 Å². The Morgan fingerprint density at radius 3 is 2.56 bits per heavy atom. The van der Waals surface area contributed by atoms with Crippen LogP contribution in [-0.2, 0) is 11.2 Å². The van der Waals surface area contributed by atoms with Crippen LogP contribution in [0.2, 0.25) is 0 Å². The number of nitrogens with two attached hydrogens (primary N) is 1. The van der Waals surface area contributed by atoms with Gasteiger partial charge in [-0.05, 0) is 33.6 Å². The van der Waals surface area contributed by atoms with Gasteiger partial charge in [-0.25, -0.2) is 4.68 Å². The van der Waals surface area contributed by atoms with E-state index in [0.717, 1.165) is 15.7 Å². The van der Waals surface area contributed by atoms with Gasteiger partial charge in [0.2, 0.25) is 5.91 Å². The van der Waals surface area contributed by atoms with Gasteiger partial charge in [0.05, 0.1) is 22.8 Å². The molecule has 0 aliphatic rings. The Kier molecular flexibility index (Phi) is 3.05. The van der Waals surface area contributed by atoms with E-state index < -0.39 is 0 Å². The number of halogens is 1. The number of hydrogen-bond donors (Lipinski definition) is 1. The quantitative estimate of drug-likeness (QED) is 0.929. The lowest BCUT2D eigenvalue weighted by Gasteiger charge is -2.02. The number of rotatable bonds is 3. The van der Waals surface area contributed by atoms with E-state index in [4.69, 9.17) is 5.73 Å². The van der Waals surface area contributed by atoms with E-state index in [1.54, 1.807) is 10.9 Å². The molecule has 2 rings (SSSR count).